The summed E-state index contributed by atoms with van der Waals surface area (Å²) in [4.78, 5) is 43.4. The molecule has 0 unspecified atom stereocenters. The predicted octanol–water partition coefficient (Wildman–Crippen LogP) is 1.97. The Morgan fingerprint density at radius 1 is 1.26 bits per heavy atom. The number of esters is 1. The second-order valence-electron chi connectivity index (χ2n) is 4.33. The number of ether oxygens (including phenoxy) is 1. The van der Waals surface area contributed by atoms with Gasteiger partial charge in [-0.05, 0) is 19.9 Å². The molecule has 0 atom stereocenters. The van der Waals surface area contributed by atoms with Crippen molar-refractivity contribution in [3.05, 3.63) is 40.3 Å². The van der Waals surface area contributed by atoms with Crippen LogP contribution in [0.4, 0.5) is 5.00 Å². The van der Waals surface area contributed by atoms with Gasteiger partial charge >= 0.3 is 11.9 Å². The van der Waals surface area contributed by atoms with Crippen molar-refractivity contribution in [1.82, 2.24) is 9.97 Å². The number of amides is 1. The minimum atomic E-state index is -1.36. The Labute approximate surface area is 135 Å². The average Bonchev–Trinajstić information content (AvgIpc) is 2.88. The Bertz CT molecular complexity index is 772. The van der Waals surface area contributed by atoms with E-state index >= 15 is 0 Å². The van der Waals surface area contributed by atoms with Gasteiger partial charge in [-0.15, -0.1) is 11.3 Å². The van der Waals surface area contributed by atoms with E-state index in [-0.39, 0.29) is 22.9 Å². The third-order valence-electron chi connectivity index (χ3n) is 2.69. The second-order valence-corrected chi connectivity index (χ2v) is 5.59. The molecule has 120 valence electrons. The van der Waals surface area contributed by atoms with Crippen molar-refractivity contribution in [2.24, 2.45) is 0 Å². The summed E-state index contributed by atoms with van der Waals surface area (Å²) >= 11 is 1.18. The highest BCUT2D eigenvalue weighted by atomic mass is 32.1. The summed E-state index contributed by atoms with van der Waals surface area (Å²) in [6.45, 7) is 3.65. The van der Waals surface area contributed by atoms with Gasteiger partial charge in [-0.2, -0.15) is 0 Å². The van der Waals surface area contributed by atoms with E-state index in [4.69, 9.17) is 9.84 Å². The van der Waals surface area contributed by atoms with Crippen LogP contribution in [0, 0.1) is 6.92 Å². The van der Waals surface area contributed by atoms with Crippen molar-refractivity contribution in [2.75, 3.05) is 11.9 Å². The van der Waals surface area contributed by atoms with Gasteiger partial charge in [0.25, 0.3) is 5.91 Å². The highest BCUT2D eigenvalue weighted by molar-refractivity contribution is 7.16. The number of hydrogen-bond acceptors (Lipinski definition) is 7. The molecule has 8 nitrogen and oxygen atoms in total. The molecule has 2 heterocycles. The Balaban J connectivity index is 2.31. The number of carboxylic acid groups (broad SMARTS) is 1. The number of aromatic nitrogens is 2. The van der Waals surface area contributed by atoms with E-state index in [1.165, 1.54) is 23.7 Å². The number of carbonyl (C=O) groups excluding carboxylic acids is 2. The third kappa shape index (κ3) is 3.69. The summed E-state index contributed by atoms with van der Waals surface area (Å²) in [6.07, 6.45) is 2.40. The lowest BCUT2D eigenvalue weighted by Crippen LogP contribution is -2.20. The number of aryl methyl sites for hydroxylation is 1. The maximum Gasteiger partial charge on any atom is 0.356 e. The number of nitrogens with one attached hydrogen (secondary N) is 1. The molecular formula is C14H13N3O5S. The largest absolute Gasteiger partial charge is 0.476 e. The van der Waals surface area contributed by atoms with Crippen molar-refractivity contribution in [3.8, 4) is 0 Å². The van der Waals surface area contributed by atoms with E-state index in [2.05, 4.69) is 15.3 Å². The maximum absolute atomic E-state index is 12.3. The Hall–Kier alpha value is -2.81. The molecule has 23 heavy (non-hydrogen) atoms. The number of aromatic carboxylic acids is 1. The topological polar surface area (TPSA) is 118 Å². The lowest BCUT2D eigenvalue weighted by Gasteiger charge is -2.06. The molecule has 0 aromatic carbocycles. The normalized spacial score (nSPS) is 10.2. The molecule has 0 spiro atoms. The summed E-state index contributed by atoms with van der Waals surface area (Å²) in [5, 5.41) is 11.8. The van der Waals surface area contributed by atoms with Gasteiger partial charge in [-0.3, -0.25) is 4.79 Å². The average molecular weight is 335 g/mol. The third-order valence-corrected chi connectivity index (χ3v) is 3.66. The molecule has 1 amide bonds. The Morgan fingerprint density at radius 2 is 1.91 bits per heavy atom. The van der Waals surface area contributed by atoms with E-state index in [9.17, 15) is 14.4 Å². The summed E-state index contributed by atoms with van der Waals surface area (Å²) in [6, 6.07) is 1.59. The molecule has 0 aliphatic carbocycles. The van der Waals surface area contributed by atoms with Gasteiger partial charge in [0.05, 0.1) is 12.2 Å². The number of nitrogens with zero attached hydrogens (tertiary/aromatic N) is 2. The van der Waals surface area contributed by atoms with Gasteiger partial charge < -0.3 is 15.2 Å². The first-order valence-electron chi connectivity index (χ1n) is 6.57. The SMILES string of the molecule is CCOC(=O)c1cc(C)sc1NC(=O)c1nccnc1C(=O)O. The van der Waals surface area contributed by atoms with Crippen LogP contribution in [0.1, 0.15) is 43.1 Å². The van der Waals surface area contributed by atoms with Gasteiger partial charge in [0.1, 0.15) is 5.00 Å². The summed E-state index contributed by atoms with van der Waals surface area (Å²) in [7, 11) is 0. The number of carbonyl (C=O) groups is 3. The van der Waals surface area contributed by atoms with E-state index < -0.39 is 23.5 Å². The molecular weight excluding hydrogens is 322 g/mol. The van der Waals surface area contributed by atoms with Crippen molar-refractivity contribution in [1.29, 1.82) is 0 Å². The van der Waals surface area contributed by atoms with Crippen LogP contribution in [0.3, 0.4) is 0 Å². The minimum absolute atomic E-state index is 0.203. The van der Waals surface area contributed by atoms with Gasteiger partial charge in [-0.1, -0.05) is 0 Å². The van der Waals surface area contributed by atoms with Crippen LogP contribution in [0.25, 0.3) is 0 Å². The number of hydrogen-bond donors (Lipinski definition) is 2. The second kappa shape index (κ2) is 6.97. The summed E-state index contributed by atoms with van der Waals surface area (Å²) in [5.74, 6) is -2.69. The van der Waals surface area contributed by atoms with Crippen molar-refractivity contribution < 1.29 is 24.2 Å². The Kier molecular flexibility index (Phi) is 5.02. The summed E-state index contributed by atoms with van der Waals surface area (Å²) in [5.41, 5.74) is -0.583. The van der Waals surface area contributed by atoms with Gasteiger partial charge in [0.2, 0.25) is 0 Å². The zero-order valence-corrected chi connectivity index (χ0v) is 13.1. The van der Waals surface area contributed by atoms with Crippen LogP contribution in [0.2, 0.25) is 0 Å². The maximum atomic E-state index is 12.3. The molecule has 0 saturated carbocycles. The number of carboxylic acids is 1. The minimum Gasteiger partial charge on any atom is -0.476 e. The standard InChI is InChI=1S/C14H13N3O5S/c1-3-22-14(21)8-6-7(2)23-12(8)17-11(18)9-10(13(19)20)16-5-4-15-9/h4-6H,3H2,1-2H3,(H,17,18)(H,19,20). The summed E-state index contributed by atoms with van der Waals surface area (Å²) < 4.78 is 4.93. The first kappa shape index (κ1) is 16.6. The lowest BCUT2D eigenvalue weighted by atomic mass is 10.2. The van der Waals surface area contributed by atoms with E-state index in [1.807, 2.05) is 0 Å². The Morgan fingerprint density at radius 3 is 2.52 bits per heavy atom. The van der Waals surface area contributed by atoms with Crippen molar-refractivity contribution >= 4 is 34.2 Å². The van der Waals surface area contributed by atoms with Crippen LogP contribution in [-0.4, -0.2) is 39.5 Å². The van der Waals surface area contributed by atoms with Crippen LogP contribution in [0.15, 0.2) is 18.5 Å². The number of anilines is 1. The fourth-order valence-electron chi connectivity index (χ4n) is 1.79. The smallest absolute Gasteiger partial charge is 0.356 e. The number of rotatable bonds is 5. The predicted molar refractivity (Wildman–Crippen MR) is 82.0 cm³/mol. The highest BCUT2D eigenvalue weighted by Gasteiger charge is 2.23. The molecule has 0 radical (unpaired) electrons. The van der Waals surface area contributed by atoms with Crippen molar-refractivity contribution in [2.45, 2.75) is 13.8 Å². The van der Waals surface area contributed by atoms with E-state index in [0.29, 0.717) is 0 Å². The molecule has 2 N–H and O–H groups in total. The molecule has 2 rings (SSSR count). The van der Waals surface area contributed by atoms with E-state index in [0.717, 1.165) is 4.88 Å². The lowest BCUT2D eigenvalue weighted by molar-refractivity contribution is 0.0527. The fourth-order valence-corrected chi connectivity index (χ4v) is 2.69. The monoisotopic (exact) mass is 335 g/mol. The molecule has 0 bridgehead atoms. The van der Waals surface area contributed by atoms with Crippen LogP contribution < -0.4 is 5.32 Å². The van der Waals surface area contributed by atoms with Gasteiger partial charge in [-0.25, -0.2) is 19.6 Å². The zero-order chi connectivity index (χ0) is 17.0. The zero-order valence-electron chi connectivity index (χ0n) is 12.3. The van der Waals surface area contributed by atoms with Crippen LogP contribution in [0.5, 0.6) is 0 Å². The van der Waals surface area contributed by atoms with E-state index in [1.54, 1.807) is 19.9 Å². The van der Waals surface area contributed by atoms with Crippen LogP contribution >= 0.6 is 11.3 Å². The van der Waals surface area contributed by atoms with Crippen molar-refractivity contribution in [3.63, 3.8) is 0 Å². The molecule has 2 aromatic rings. The molecule has 2 aromatic heterocycles. The first-order valence-corrected chi connectivity index (χ1v) is 7.38. The van der Waals surface area contributed by atoms with Gasteiger partial charge in [0, 0.05) is 17.3 Å². The molecule has 0 aliphatic rings. The molecule has 9 heteroatoms. The highest BCUT2D eigenvalue weighted by Crippen LogP contribution is 2.28. The first-order chi connectivity index (χ1) is 10.9. The molecule has 0 saturated heterocycles. The quantitative estimate of drug-likeness (QED) is 0.802. The molecule has 0 fully saturated rings. The fraction of sp³-hybridized carbons (Fsp3) is 0.214. The van der Waals surface area contributed by atoms with Crippen LogP contribution in [-0.2, 0) is 4.74 Å². The molecule has 0 aliphatic heterocycles. The number of thiophene rings is 1. The van der Waals surface area contributed by atoms with Gasteiger partial charge in [0.15, 0.2) is 11.4 Å².